The van der Waals surface area contributed by atoms with Crippen LogP contribution in [0.5, 0.6) is 0 Å². The zero-order valence-electron chi connectivity index (χ0n) is 9.39. The zero-order chi connectivity index (χ0) is 14.8. The fourth-order valence-electron chi connectivity index (χ4n) is 1.26. The molecule has 0 aliphatic heterocycles. The number of carbonyl (C=O) groups excluding carboxylic acids is 1. The van der Waals surface area contributed by atoms with Gasteiger partial charge in [-0.1, -0.05) is 0 Å². The zero-order valence-corrected chi connectivity index (χ0v) is 11.6. The Morgan fingerprint density at radius 2 is 2.05 bits per heavy atom. The number of hydrogen-bond donors (Lipinski definition) is 0. The van der Waals surface area contributed by atoms with Crippen LogP contribution in [0.25, 0.3) is 0 Å². The normalized spacial score (nSPS) is 11.8. The first kappa shape index (κ1) is 16.1. The second-order valence-corrected chi connectivity index (χ2v) is 4.50. The number of ether oxygens (including phenoxy) is 1. The summed E-state index contributed by atoms with van der Waals surface area (Å²) in [6, 6.07) is 0.776. The first-order chi connectivity index (χ1) is 8.66. The number of rotatable bonds is 3. The van der Waals surface area contributed by atoms with Gasteiger partial charge in [-0.2, -0.15) is 13.2 Å². The lowest BCUT2D eigenvalue weighted by Crippen LogP contribution is -2.16. The van der Waals surface area contributed by atoms with Gasteiger partial charge in [0.2, 0.25) is 0 Å². The highest BCUT2D eigenvalue weighted by Crippen LogP contribution is 2.34. The Bertz CT molecular complexity index is 490. The largest absolute Gasteiger partial charge is 0.469 e. The highest BCUT2D eigenvalue weighted by molar-refractivity contribution is 14.1. The Morgan fingerprint density at radius 3 is 2.47 bits per heavy atom. The molecule has 0 saturated carbocycles. The average Bonchev–Trinajstić information content (AvgIpc) is 2.29. The number of aromatic nitrogens is 1. The SMILES string of the molecule is COC(=O)Cc1cc(C(F)F)nc(C(F)(F)F)c1I. The van der Waals surface area contributed by atoms with Crippen molar-refractivity contribution in [1.29, 1.82) is 0 Å². The molecular weight excluding hydrogens is 388 g/mol. The molecule has 0 radical (unpaired) electrons. The van der Waals surface area contributed by atoms with Crippen LogP contribution in [0.15, 0.2) is 6.07 Å². The minimum absolute atomic E-state index is 0.190. The number of nitrogens with zero attached hydrogens (tertiary/aromatic N) is 1. The molecule has 0 aliphatic rings. The summed E-state index contributed by atoms with van der Waals surface area (Å²) in [5, 5.41) is 0. The van der Waals surface area contributed by atoms with Gasteiger partial charge in [-0.3, -0.25) is 4.79 Å². The molecule has 19 heavy (non-hydrogen) atoms. The van der Waals surface area contributed by atoms with Gasteiger partial charge in [-0.25, -0.2) is 13.8 Å². The maximum absolute atomic E-state index is 12.7. The summed E-state index contributed by atoms with van der Waals surface area (Å²) in [6.07, 6.45) is -8.55. The monoisotopic (exact) mass is 395 g/mol. The molecule has 0 spiro atoms. The molecule has 0 amide bonds. The summed E-state index contributed by atoms with van der Waals surface area (Å²) in [5.41, 5.74) is -2.64. The first-order valence-electron chi connectivity index (χ1n) is 4.78. The molecule has 9 heteroatoms. The third-order valence-electron chi connectivity index (χ3n) is 2.11. The molecule has 0 unspecified atom stereocenters. The molecule has 0 aromatic carbocycles. The maximum atomic E-state index is 12.7. The predicted molar refractivity (Wildman–Crippen MR) is 62.6 cm³/mol. The Kier molecular flexibility index (Phi) is 5.04. The van der Waals surface area contributed by atoms with Crippen LogP contribution in [0.4, 0.5) is 22.0 Å². The number of alkyl halides is 5. The minimum Gasteiger partial charge on any atom is -0.469 e. The van der Waals surface area contributed by atoms with E-state index < -0.39 is 36.4 Å². The molecule has 0 aliphatic carbocycles. The van der Waals surface area contributed by atoms with Crippen LogP contribution >= 0.6 is 22.6 Å². The smallest absolute Gasteiger partial charge is 0.434 e. The van der Waals surface area contributed by atoms with Gasteiger partial charge in [-0.15, -0.1) is 0 Å². The summed E-state index contributed by atoms with van der Waals surface area (Å²) in [4.78, 5) is 14.0. The summed E-state index contributed by atoms with van der Waals surface area (Å²) in [6.45, 7) is 0. The molecule has 0 bridgehead atoms. The Labute approximate surface area is 118 Å². The van der Waals surface area contributed by atoms with E-state index in [1.54, 1.807) is 0 Å². The van der Waals surface area contributed by atoms with Crippen molar-refractivity contribution >= 4 is 28.6 Å². The van der Waals surface area contributed by atoms with Crippen LogP contribution < -0.4 is 0 Å². The van der Waals surface area contributed by atoms with Gasteiger partial charge in [0.05, 0.1) is 13.5 Å². The maximum Gasteiger partial charge on any atom is 0.434 e. The quantitative estimate of drug-likeness (QED) is 0.448. The van der Waals surface area contributed by atoms with Crippen LogP contribution in [0.1, 0.15) is 23.4 Å². The van der Waals surface area contributed by atoms with Crippen molar-refractivity contribution in [1.82, 2.24) is 4.98 Å². The van der Waals surface area contributed by atoms with Crippen molar-refractivity contribution in [2.24, 2.45) is 0 Å². The Morgan fingerprint density at radius 1 is 1.47 bits per heavy atom. The number of carbonyl (C=O) groups is 1. The molecule has 1 aromatic rings. The van der Waals surface area contributed by atoms with E-state index in [1.165, 1.54) is 22.6 Å². The van der Waals surface area contributed by atoms with Gasteiger partial charge in [0.15, 0.2) is 5.69 Å². The van der Waals surface area contributed by atoms with Crippen molar-refractivity contribution in [3.63, 3.8) is 0 Å². The van der Waals surface area contributed by atoms with E-state index in [0.717, 1.165) is 13.2 Å². The molecule has 1 rings (SSSR count). The van der Waals surface area contributed by atoms with Crippen LogP contribution in [0.2, 0.25) is 0 Å². The molecule has 1 aromatic heterocycles. The van der Waals surface area contributed by atoms with Crippen LogP contribution in [-0.2, 0) is 22.1 Å². The molecule has 3 nitrogen and oxygen atoms in total. The van der Waals surface area contributed by atoms with E-state index in [9.17, 15) is 26.7 Å². The Balaban J connectivity index is 3.37. The molecule has 0 saturated heterocycles. The van der Waals surface area contributed by atoms with E-state index in [1.807, 2.05) is 0 Å². The third kappa shape index (κ3) is 3.98. The van der Waals surface area contributed by atoms with Crippen LogP contribution in [0, 0.1) is 3.57 Å². The van der Waals surface area contributed by atoms with Crippen molar-refractivity contribution in [3.05, 3.63) is 26.6 Å². The molecule has 0 N–H and O–H groups in total. The lowest BCUT2D eigenvalue weighted by molar-refractivity contribution is -0.143. The van der Waals surface area contributed by atoms with E-state index in [4.69, 9.17) is 0 Å². The van der Waals surface area contributed by atoms with E-state index in [0.29, 0.717) is 0 Å². The lowest BCUT2D eigenvalue weighted by atomic mass is 10.1. The molecule has 1 heterocycles. The van der Waals surface area contributed by atoms with Gasteiger partial charge in [0.1, 0.15) is 5.69 Å². The fraction of sp³-hybridized carbons (Fsp3) is 0.400. The molecule has 0 fully saturated rings. The van der Waals surface area contributed by atoms with Gasteiger partial charge >= 0.3 is 12.1 Å². The Hall–Kier alpha value is -1.00. The van der Waals surface area contributed by atoms with Gasteiger partial charge in [-0.05, 0) is 34.2 Å². The molecular formula is C10H7F5INO2. The predicted octanol–water partition coefficient (Wildman–Crippen LogP) is 3.36. The lowest BCUT2D eigenvalue weighted by Gasteiger charge is -2.13. The minimum atomic E-state index is -4.87. The fourth-order valence-corrected chi connectivity index (χ4v) is 2.03. The number of pyridine rings is 1. The van der Waals surface area contributed by atoms with Crippen molar-refractivity contribution in [3.8, 4) is 0 Å². The van der Waals surface area contributed by atoms with E-state index >= 15 is 0 Å². The standard InChI is InChI=1S/C10H7F5INO2/c1-19-6(18)3-4-2-5(9(11)12)17-8(7(4)16)10(13,14)15/h2,9H,3H2,1H3. The summed E-state index contributed by atoms with van der Waals surface area (Å²) in [5.74, 6) is -0.822. The summed E-state index contributed by atoms with van der Waals surface area (Å²) in [7, 11) is 1.05. The van der Waals surface area contributed by atoms with Crippen molar-refractivity contribution < 1.29 is 31.5 Å². The average molecular weight is 395 g/mol. The van der Waals surface area contributed by atoms with Crippen molar-refractivity contribution in [2.45, 2.75) is 19.0 Å². The molecule has 0 atom stereocenters. The number of esters is 1. The van der Waals surface area contributed by atoms with Gasteiger partial charge in [0.25, 0.3) is 6.43 Å². The van der Waals surface area contributed by atoms with Gasteiger partial charge < -0.3 is 4.74 Å². The topological polar surface area (TPSA) is 39.2 Å². The number of halogens is 6. The van der Waals surface area contributed by atoms with Crippen molar-refractivity contribution in [2.75, 3.05) is 7.11 Å². The van der Waals surface area contributed by atoms with E-state index in [2.05, 4.69) is 9.72 Å². The number of methoxy groups -OCH3 is 1. The highest BCUT2D eigenvalue weighted by Gasteiger charge is 2.37. The summed E-state index contributed by atoms with van der Waals surface area (Å²) >= 11 is 1.32. The number of hydrogen-bond acceptors (Lipinski definition) is 3. The van der Waals surface area contributed by atoms with Crippen LogP contribution in [0.3, 0.4) is 0 Å². The van der Waals surface area contributed by atoms with E-state index in [-0.39, 0.29) is 9.13 Å². The molecule has 106 valence electrons. The first-order valence-corrected chi connectivity index (χ1v) is 5.86. The van der Waals surface area contributed by atoms with Gasteiger partial charge in [0, 0.05) is 3.57 Å². The second-order valence-electron chi connectivity index (χ2n) is 3.42. The third-order valence-corrected chi connectivity index (χ3v) is 3.31. The van der Waals surface area contributed by atoms with Crippen LogP contribution in [-0.4, -0.2) is 18.1 Å². The highest BCUT2D eigenvalue weighted by atomic mass is 127. The second kappa shape index (κ2) is 5.97. The summed E-state index contributed by atoms with van der Waals surface area (Å²) < 4.78 is 66.9.